The second-order valence-electron chi connectivity index (χ2n) is 24.4. The minimum absolute atomic E-state index is 0.0497. The molecule has 6 aromatic heterocycles. The molecule has 20 heteroatoms. The number of benzene rings is 3. The molecule has 524 valence electrons. The standard InChI is InChI=1S/2C26H38N6O.C25H38N6/c1-6-29(7-2)17-19-31(20-18-30(8-3)9-4)23-14-12-22(13-15-23)26-28-25-24(11-10-16-27-25)32(26)21(5)33;1-6-29(7-2)16-18-31(19-17-30(8-3)9-4)24-13-11-10-12-22(24)26-28-23-20-27-15-14-25(23)32(26)21(5)33;1-6-29(7-2)16-18-31(19-17-30(8-3)9-4)23-13-11-10-12-21(23)25-27-22-20-26-15-14-24(22)28(25)5/h10-16H,6-9,17-20H2,1-5H3;10-15,20H,6-9,16-19H2,1-5H3;10-15,20H,6-9,16-19H2,1-5H3. The predicted octanol–water partition coefficient (Wildman–Crippen LogP) is 12.6. The van der Waals surface area contributed by atoms with Gasteiger partial charge in [0.05, 0.1) is 28.9 Å². The summed E-state index contributed by atoms with van der Waals surface area (Å²) in [6.45, 7) is 54.6. The topological polar surface area (TPSA) is 155 Å². The monoisotopic (exact) mass is 1320 g/mol. The maximum Gasteiger partial charge on any atom is 0.229 e. The summed E-state index contributed by atoms with van der Waals surface area (Å²) in [5, 5.41) is 0. The smallest absolute Gasteiger partial charge is 0.229 e. The van der Waals surface area contributed by atoms with Gasteiger partial charge >= 0.3 is 0 Å². The zero-order valence-corrected chi connectivity index (χ0v) is 61.5. The Morgan fingerprint density at radius 2 is 0.732 bits per heavy atom. The van der Waals surface area contributed by atoms with Crippen molar-refractivity contribution in [3.05, 3.63) is 128 Å². The first-order valence-corrected chi connectivity index (χ1v) is 36.0. The number of aryl methyl sites for hydroxylation is 1. The highest BCUT2D eigenvalue weighted by Crippen LogP contribution is 2.35. The number of para-hydroxylation sites is 2. The van der Waals surface area contributed by atoms with Gasteiger partial charge in [0, 0.05) is 152 Å². The van der Waals surface area contributed by atoms with Crippen LogP contribution in [0.2, 0.25) is 0 Å². The minimum atomic E-state index is -0.0651. The van der Waals surface area contributed by atoms with E-state index < -0.39 is 0 Å². The van der Waals surface area contributed by atoms with Crippen LogP contribution < -0.4 is 14.7 Å². The van der Waals surface area contributed by atoms with Crippen molar-refractivity contribution >= 4 is 62.1 Å². The van der Waals surface area contributed by atoms with E-state index in [4.69, 9.17) is 9.97 Å². The molecule has 0 unspecified atom stereocenters. The van der Waals surface area contributed by atoms with Crippen molar-refractivity contribution in [1.82, 2.24) is 73.0 Å². The number of imidazole rings is 3. The lowest BCUT2D eigenvalue weighted by atomic mass is 10.1. The summed E-state index contributed by atoms with van der Waals surface area (Å²) in [4.78, 5) is 74.5. The van der Waals surface area contributed by atoms with Gasteiger partial charge < -0.3 is 48.7 Å². The number of pyridine rings is 3. The summed E-state index contributed by atoms with van der Waals surface area (Å²) in [7, 11) is 2.09. The van der Waals surface area contributed by atoms with Crippen LogP contribution in [0, 0.1) is 0 Å². The third kappa shape index (κ3) is 20.3. The van der Waals surface area contributed by atoms with Crippen molar-refractivity contribution < 1.29 is 9.59 Å². The van der Waals surface area contributed by atoms with Crippen molar-refractivity contribution in [2.75, 3.05) is 172 Å². The molecule has 0 saturated heterocycles. The largest absolute Gasteiger partial charge is 0.369 e. The summed E-state index contributed by atoms with van der Waals surface area (Å²) in [5.74, 6) is 2.20. The van der Waals surface area contributed by atoms with Gasteiger partial charge in [-0.15, -0.1) is 0 Å². The number of rotatable bonds is 36. The van der Waals surface area contributed by atoms with E-state index in [1.807, 2.05) is 42.7 Å². The van der Waals surface area contributed by atoms with Crippen LogP contribution in [0.3, 0.4) is 0 Å². The second-order valence-corrected chi connectivity index (χ2v) is 24.4. The molecule has 0 aliphatic carbocycles. The zero-order chi connectivity index (χ0) is 69.8. The van der Waals surface area contributed by atoms with E-state index in [1.54, 1.807) is 41.6 Å². The van der Waals surface area contributed by atoms with Crippen molar-refractivity contribution in [3.63, 3.8) is 0 Å². The molecule has 0 bridgehead atoms. The van der Waals surface area contributed by atoms with Gasteiger partial charge in [-0.25, -0.2) is 19.9 Å². The van der Waals surface area contributed by atoms with Crippen LogP contribution in [0.25, 0.3) is 67.4 Å². The number of fused-ring (bicyclic) bond motifs is 3. The minimum Gasteiger partial charge on any atom is -0.369 e. The van der Waals surface area contributed by atoms with Gasteiger partial charge in [0.15, 0.2) is 5.65 Å². The fraction of sp³-hybridized carbons (Fsp3) is 0.506. The van der Waals surface area contributed by atoms with Gasteiger partial charge in [0.2, 0.25) is 11.8 Å². The molecule has 0 spiro atoms. The Bertz CT molecular complexity index is 3730. The van der Waals surface area contributed by atoms with Crippen LogP contribution in [0.4, 0.5) is 17.1 Å². The first-order chi connectivity index (χ1) is 47.2. The Kier molecular flexibility index (Phi) is 31.0. The van der Waals surface area contributed by atoms with Gasteiger partial charge in [-0.1, -0.05) is 107 Å². The lowest BCUT2D eigenvalue weighted by Crippen LogP contribution is -2.40. The molecule has 20 nitrogen and oxygen atoms in total. The molecule has 9 rings (SSSR count). The van der Waals surface area contributed by atoms with E-state index in [2.05, 4.69) is 225 Å². The van der Waals surface area contributed by atoms with E-state index in [0.29, 0.717) is 17.3 Å². The quantitative estimate of drug-likeness (QED) is 0.0365. The van der Waals surface area contributed by atoms with Gasteiger partial charge in [-0.3, -0.25) is 28.7 Å². The van der Waals surface area contributed by atoms with Crippen LogP contribution in [0.15, 0.2) is 128 Å². The van der Waals surface area contributed by atoms with E-state index in [9.17, 15) is 9.59 Å². The van der Waals surface area contributed by atoms with Gasteiger partial charge in [-0.2, -0.15) is 0 Å². The fourth-order valence-corrected chi connectivity index (χ4v) is 12.7. The number of aromatic nitrogens is 9. The van der Waals surface area contributed by atoms with Crippen molar-refractivity contribution in [3.8, 4) is 34.2 Å². The highest BCUT2D eigenvalue weighted by molar-refractivity contribution is 5.96. The predicted molar refractivity (Wildman–Crippen MR) is 406 cm³/mol. The number of carbonyl (C=O) groups excluding carboxylic acids is 2. The molecule has 3 aromatic carbocycles. The average Bonchev–Trinajstić information content (AvgIpc) is 2.80. The first kappa shape index (κ1) is 76.4. The third-order valence-corrected chi connectivity index (χ3v) is 19.1. The van der Waals surface area contributed by atoms with Crippen LogP contribution in [0.5, 0.6) is 0 Å². The van der Waals surface area contributed by atoms with Crippen molar-refractivity contribution in [2.45, 2.75) is 96.9 Å². The van der Waals surface area contributed by atoms with E-state index in [0.717, 1.165) is 207 Å². The number of anilines is 3. The van der Waals surface area contributed by atoms with Gasteiger partial charge in [0.1, 0.15) is 28.5 Å². The molecule has 0 aliphatic heterocycles. The number of likely N-dealkylation sites (N-methyl/N-ethyl adjacent to an activating group) is 6. The molecule has 0 fully saturated rings. The Labute approximate surface area is 579 Å². The molecule has 0 N–H and O–H groups in total. The van der Waals surface area contributed by atoms with E-state index in [1.165, 1.54) is 16.9 Å². The zero-order valence-electron chi connectivity index (χ0n) is 61.5. The van der Waals surface area contributed by atoms with Crippen molar-refractivity contribution in [2.24, 2.45) is 7.05 Å². The number of hydrogen-bond donors (Lipinski definition) is 0. The Hall–Kier alpha value is -7.98. The highest BCUT2D eigenvalue weighted by atomic mass is 16.2. The molecule has 9 aromatic rings. The molecule has 0 saturated carbocycles. The summed E-state index contributed by atoms with van der Waals surface area (Å²) >= 11 is 0. The summed E-state index contributed by atoms with van der Waals surface area (Å²) in [6, 6.07) is 33.1. The lowest BCUT2D eigenvalue weighted by molar-refractivity contribution is 0.0934. The Morgan fingerprint density at radius 3 is 1.14 bits per heavy atom. The van der Waals surface area contributed by atoms with Gasteiger partial charge in [-0.05, 0) is 151 Å². The molecule has 0 amide bonds. The molecular formula is C77H114N18O2. The summed E-state index contributed by atoms with van der Waals surface area (Å²) in [5.41, 5.74) is 11.5. The maximum absolute atomic E-state index is 12.7. The van der Waals surface area contributed by atoms with E-state index in [-0.39, 0.29) is 11.8 Å². The van der Waals surface area contributed by atoms with Crippen LogP contribution in [-0.4, -0.2) is 242 Å². The maximum atomic E-state index is 12.7. The Balaban J connectivity index is 0.000000205. The average molecular weight is 1320 g/mol. The Morgan fingerprint density at radius 1 is 0.361 bits per heavy atom. The third-order valence-electron chi connectivity index (χ3n) is 19.1. The normalized spacial score (nSPS) is 11.6. The van der Waals surface area contributed by atoms with E-state index >= 15 is 0 Å². The van der Waals surface area contributed by atoms with Crippen LogP contribution in [0.1, 0.15) is 107 Å². The fourth-order valence-electron chi connectivity index (χ4n) is 12.7. The SMILES string of the molecule is CCN(CC)CCN(CCN(CC)CC)c1ccc(-c2nc3ncccc3n2C(C)=O)cc1.CCN(CC)CCN(CCN(CC)CC)c1ccccc1-c1nc2cnccc2n1C.CCN(CC)CCN(CCN(CC)CC)c1ccccc1-c1nc2cnccc2n1C(C)=O. The second kappa shape index (κ2) is 39.4. The molecule has 0 aliphatic rings. The summed E-state index contributed by atoms with van der Waals surface area (Å²) < 4.78 is 5.54. The summed E-state index contributed by atoms with van der Waals surface area (Å²) in [6.07, 6.45) is 8.81. The first-order valence-electron chi connectivity index (χ1n) is 36.0. The van der Waals surface area contributed by atoms with Crippen molar-refractivity contribution in [1.29, 1.82) is 0 Å². The number of nitrogens with zero attached hydrogens (tertiary/aromatic N) is 18. The molecule has 97 heavy (non-hydrogen) atoms. The van der Waals surface area contributed by atoms with Crippen LogP contribution in [-0.2, 0) is 7.05 Å². The molecule has 6 heterocycles. The number of hydrogen-bond acceptors (Lipinski definition) is 17. The lowest BCUT2D eigenvalue weighted by Gasteiger charge is -2.31. The highest BCUT2D eigenvalue weighted by Gasteiger charge is 2.24. The molecule has 0 radical (unpaired) electrons. The van der Waals surface area contributed by atoms with Crippen LogP contribution >= 0.6 is 0 Å². The van der Waals surface area contributed by atoms with Gasteiger partial charge in [0.25, 0.3) is 0 Å². The molecule has 0 atom stereocenters. The molecular weight excluding hydrogens is 1210 g/mol. The number of carbonyl (C=O) groups is 2.